The number of para-hydroxylation sites is 1. The fourth-order valence-electron chi connectivity index (χ4n) is 1.81. The maximum atomic E-state index is 6.18. The second-order valence-electron chi connectivity index (χ2n) is 3.89. The van der Waals surface area contributed by atoms with Crippen LogP contribution in [0.15, 0.2) is 36.5 Å². The van der Waals surface area contributed by atoms with Gasteiger partial charge in [-0.2, -0.15) is 5.10 Å². The van der Waals surface area contributed by atoms with E-state index in [0.29, 0.717) is 0 Å². The van der Waals surface area contributed by atoms with Crippen molar-refractivity contribution in [2.45, 2.75) is 12.8 Å². The molecule has 0 aliphatic heterocycles. The predicted molar refractivity (Wildman–Crippen MR) is 70.8 cm³/mol. The minimum Gasteiger partial charge on any atom is -0.320 e. The van der Waals surface area contributed by atoms with Gasteiger partial charge in [-0.1, -0.05) is 23.7 Å². The molecule has 1 heterocycles. The van der Waals surface area contributed by atoms with Gasteiger partial charge in [0.25, 0.3) is 0 Å². The number of aromatic nitrogens is 2. The molecule has 0 saturated heterocycles. The third kappa shape index (κ3) is 2.87. The van der Waals surface area contributed by atoms with E-state index in [-0.39, 0.29) is 0 Å². The minimum atomic E-state index is 0.728. The first-order chi connectivity index (χ1) is 8.33. The van der Waals surface area contributed by atoms with Crippen molar-refractivity contribution in [3.8, 4) is 5.69 Å². The zero-order valence-electron chi connectivity index (χ0n) is 9.86. The molecule has 2 aromatic rings. The average Bonchev–Trinajstić information content (AvgIpc) is 2.78. The highest BCUT2D eigenvalue weighted by molar-refractivity contribution is 6.32. The van der Waals surface area contributed by atoms with Crippen molar-refractivity contribution in [2.24, 2.45) is 0 Å². The molecule has 0 radical (unpaired) electrons. The van der Waals surface area contributed by atoms with E-state index < -0.39 is 0 Å². The lowest BCUT2D eigenvalue weighted by Crippen LogP contribution is -2.10. The van der Waals surface area contributed by atoms with Crippen molar-refractivity contribution in [1.29, 1.82) is 0 Å². The summed E-state index contributed by atoms with van der Waals surface area (Å²) in [6.07, 6.45) is 3.90. The maximum Gasteiger partial charge on any atom is 0.0834 e. The van der Waals surface area contributed by atoms with E-state index in [0.717, 1.165) is 30.1 Å². The van der Waals surface area contributed by atoms with Crippen LogP contribution in [0.25, 0.3) is 5.69 Å². The summed E-state index contributed by atoms with van der Waals surface area (Å²) in [7, 11) is 1.96. The molecule has 0 bridgehead atoms. The lowest BCUT2D eigenvalue weighted by atomic mass is 10.2. The van der Waals surface area contributed by atoms with Gasteiger partial charge in [0.1, 0.15) is 0 Å². The topological polar surface area (TPSA) is 29.9 Å². The zero-order valence-corrected chi connectivity index (χ0v) is 10.6. The average molecular weight is 250 g/mol. The summed E-state index contributed by atoms with van der Waals surface area (Å²) < 4.78 is 1.91. The molecule has 4 heteroatoms. The fourth-order valence-corrected chi connectivity index (χ4v) is 2.02. The van der Waals surface area contributed by atoms with E-state index in [9.17, 15) is 0 Å². The molecular formula is C13H16ClN3. The Morgan fingerprint density at radius 1 is 1.29 bits per heavy atom. The van der Waals surface area contributed by atoms with Gasteiger partial charge in [0.15, 0.2) is 0 Å². The van der Waals surface area contributed by atoms with Crippen molar-refractivity contribution in [2.75, 3.05) is 13.6 Å². The Hall–Kier alpha value is -1.32. The third-order valence-corrected chi connectivity index (χ3v) is 2.98. The van der Waals surface area contributed by atoms with Gasteiger partial charge in [0.2, 0.25) is 0 Å². The summed E-state index contributed by atoms with van der Waals surface area (Å²) in [6.45, 7) is 1.01. The van der Waals surface area contributed by atoms with Gasteiger partial charge in [-0.3, -0.25) is 0 Å². The van der Waals surface area contributed by atoms with Gasteiger partial charge in [0.05, 0.1) is 10.7 Å². The summed E-state index contributed by atoms with van der Waals surface area (Å²) in [6, 6.07) is 9.81. The number of hydrogen-bond acceptors (Lipinski definition) is 2. The number of rotatable bonds is 5. The Balaban J connectivity index is 2.22. The van der Waals surface area contributed by atoms with Crippen LogP contribution in [-0.4, -0.2) is 23.4 Å². The Morgan fingerprint density at radius 2 is 2.12 bits per heavy atom. The van der Waals surface area contributed by atoms with Gasteiger partial charge in [0, 0.05) is 11.9 Å². The second-order valence-corrected chi connectivity index (χ2v) is 4.30. The van der Waals surface area contributed by atoms with Crippen molar-refractivity contribution >= 4 is 11.6 Å². The van der Waals surface area contributed by atoms with E-state index in [4.69, 9.17) is 11.6 Å². The van der Waals surface area contributed by atoms with Crippen LogP contribution in [-0.2, 0) is 6.42 Å². The number of nitrogens with zero attached hydrogens (tertiary/aromatic N) is 2. The van der Waals surface area contributed by atoms with Crippen LogP contribution >= 0.6 is 11.6 Å². The predicted octanol–water partition coefficient (Wildman–Crippen LogP) is 2.68. The molecule has 0 amide bonds. The first-order valence-electron chi connectivity index (χ1n) is 5.75. The molecule has 17 heavy (non-hydrogen) atoms. The molecule has 0 atom stereocenters. The second kappa shape index (κ2) is 5.84. The normalized spacial score (nSPS) is 10.7. The molecule has 0 fully saturated rings. The molecular weight excluding hydrogens is 234 g/mol. The van der Waals surface area contributed by atoms with Gasteiger partial charge < -0.3 is 5.32 Å². The summed E-state index contributed by atoms with van der Waals surface area (Å²) in [5.74, 6) is 0. The first-order valence-corrected chi connectivity index (χ1v) is 6.13. The summed E-state index contributed by atoms with van der Waals surface area (Å²) in [5, 5.41) is 8.21. The van der Waals surface area contributed by atoms with Gasteiger partial charge in [-0.15, -0.1) is 0 Å². The zero-order chi connectivity index (χ0) is 12.1. The lowest BCUT2D eigenvalue weighted by Gasteiger charge is -2.08. The number of nitrogens with one attached hydrogen (secondary N) is 1. The quantitative estimate of drug-likeness (QED) is 0.826. The molecule has 3 nitrogen and oxygen atoms in total. The SMILES string of the molecule is CNCCCc1ccnn1-c1ccccc1Cl. The van der Waals surface area contributed by atoms with Gasteiger partial charge in [-0.05, 0) is 44.6 Å². The number of halogens is 1. The molecule has 0 spiro atoms. The Labute approximate surface area is 106 Å². The van der Waals surface area contributed by atoms with Crippen LogP contribution in [0.3, 0.4) is 0 Å². The highest BCUT2D eigenvalue weighted by Crippen LogP contribution is 2.20. The van der Waals surface area contributed by atoms with Crippen molar-refractivity contribution in [3.63, 3.8) is 0 Å². The van der Waals surface area contributed by atoms with E-state index >= 15 is 0 Å². The fraction of sp³-hybridized carbons (Fsp3) is 0.308. The largest absolute Gasteiger partial charge is 0.320 e. The molecule has 0 saturated carbocycles. The minimum absolute atomic E-state index is 0.728. The smallest absolute Gasteiger partial charge is 0.0834 e. The lowest BCUT2D eigenvalue weighted by molar-refractivity contribution is 0.693. The highest BCUT2D eigenvalue weighted by Gasteiger charge is 2.07. The summed E-state index contributed by atoms with van der Waals surface area (Å²) in [5.41, 5.74) is 2.13. The van der Waals surface area contributed by atoms with Gasteiger partial charge in [-0.25, -0.2) is 4.68 Å². The van der Waals surface area contributed by atoms with E-state index in [1.165, 1.54) is 5.69 Å². The number of aryl methyl sites for hydroxylation is 1. The monoisotopic (exact) mass is 249 g/mol. The highest BCUT2D eigenvalue weighted by atomic mass is 35.5. The third-order valence-electron chi connectivity index (χ3n) is 2.66. The van der Waals surface area contributed by atoms with Gasteiger partial charge >= 0.3 is 0 Å². The standard InChI is InChI=1S/C13H16ClN3/c1-15-9-4-5-11-8-10-16-17(11)13-7-3-2-6-12(13)14/h2-3,6-8,10,15H,4-5,9H2,1H3. The van der Waals surface area contributed by atoms with Crippen LogP contribution in [0, 0.1) is 0 Å². The van der Waals surface area contributed by atoms with Crippen molar-refractivity contribution in [1.82, 2.24) is 15.1 Å². The molecule has 1 N–H and O–H groups in total. The molecule has 1 aromatic carbocycles. The molecule has 90 valence electrons. The first kappa shape index (κ1) is 12.1. The van der Waals surface area contributed by atoms with E-state index in [1.807, 2.05) is 48.3 Å². The molecule has 0 aliphatic carbocycles. The van der Waals surface area contributed by atoms with Crippen LogP contribution in [0.4, 0.5) is 0 Å². The molecule has 0 aliphatic rings. The Bertz CT molecular complexity index is 479. The van der Waals surface area contributed by atoms with E-state index in [1.54, 1.807) is 0 Å². The van der Waals surface area contributed by atoms with E-state index in [2.05, 4.69) is 10.4 Å². The maximum absolute atomic E-state index is 6.18. The van der Waals surface area contributed by atoms with Crippen LogP contribution in [0.5, 0.6) is 0 Å². The van der Waals surface area contributed by atoms with Crippen LogP contribution < -0.4 is 5.32 Å². The van der Waals surface area contributed by atoms with Crippen molar-refractivity contribution in [3.05, 3.63) is 47.2 Å². The Morgan fingerprint density at radius 3 is 2.88 bits per heavy atom. The van der Waals surface area contributed by atoms with Crippen molar-refractivity contribution < 1.29 is 0 Å². The Kier molecular flexibility index (Phi) is 4.18. The molecule has 0 unspecified atom stereocenters. The number of benzene rings is 1. The summed E-state index contributed by atoms with van der Waals surface area (Å²) in [4.78, 5) is 0. The van der Waals surface area contributed by atoms with Crippen LogP contribution in [0.2, 0.25) is 5.02 Å². The van der Waals surface area contributed by atoms with Crippen LogP contribution in [0.1, 0.15) is 12.1 Å². The molecule has 1 aromatic heterocycles. The number of hydrogen-bond donors (Lipinski definition) is 1. The summed E-state index contributed by atoms with van der Waals surface area (Å²) >= 11 is 6.18. The molecule has 2 rings (SSSR count).